The van der Waals surface area contributed by atoms with Crippen LogP contribution in [0.15, 0.2) is 16.9 Å². The van der Waals surface area contributed by atoms with E-state index in [4.69, 9.17) is 5.73 Å². The van der Waals surface area contributed by atoms with E-state index in [0.29, 0.717) is 30.8 Å². The molecule has 212 valence electrons. The fourth-order valence-corrected chi connectivity index (χ4v) is 7.96. The number of aliphatic carboxylic acids is 1. The fraction of sp³-hybridized carbons (Fsp3) is 0.708. The zero-order chi connectivity index (χ0) is 28.0. The van der Waals surface area contributed by atoms with Gasteiger partial charge in [0.15, 0.2) is 5.78 Å². The van der Waals surface area contributed by atoms with Crippen LogP contribution >= 0.6 is 11.8 Å². The van der Waals surface area contributed by atoms with E-state index in [1.165, 1.54) is 32.6 Å². The molecule has 0 unspecified atom stereocenters. The lowest BCUT2D eigenvalue weighted by molar-refractivity contribution is -0.160. The number of aromatic nitrogens is 4. The first-order chi connectivity index (χ1) is 18.6. The van der Waals surface area contributed by atoms with Gasteiger partial charge < -0.3 is 26.0 Å². The monoisotopic (exact) mass is 564 g/mol. The third-order valence-electron chi connectivity index (χ3n) is 8.27. The number of fused-ring (bicyclic) bond motifs is 1. The zero-order valence-electron chi connectivity index (χ0n) is 21.8. The normalized spacial score (nSPS) is 32.9. The molecule has 0 saturated carbocycles. The molecule has 3 saturated heterocycles. The van der Waals surface area contributed by atoms with Crippen LogP contribution in [-0.2, 0) is 25.7 Å². The highest BCUT2D eigenvalue weighted by Gasteiger charge is 2.60. The number of tetrazole rings is 1. The Morgan fingerprint density at radius 2 is 2.10 bits per heavy atom. The van der Waals surface area contributed by atoms with Crippen molar-refractivity contribution in [1.82, 2.24) is 35.3 Å². The number of thioether (sulfide) groups is 1. The van der Waals surface area contributed by atoms with Gasteiger partial charge in [0.05, 0.1) is 24.0 Å². The number of nitrogens with one attached hydrogen (secondary N) is 1. The van der Waals surface area contributed by atoms with E-state index in [1.807, 2.05) is 13.8 Å². The number of hydrogen-bond donors (Lipinski definition) is 3. The number of rotatable bonds is 10. The number of nitrogens with zero attached hydrogens (tertiary/aromatic N) is 6. The van der Waals surface area contributed by atoms with Crippen molar-refractivity contribution in [1.29, 1.82) is 0 Å². The van der Waals surface area contributed by atoms with Crippen molar-refractivity contribution in [3.63, 3.8) is 0 Å². The second-order valence-corrected chi connectivity index (χ2v) is 12.3. The maximum Gasteiger partial charge on any atom is 0.353 e. The van der Waals surface area contributed by atoms with E-state index < -0.39 is 30.6 Å². The molecule has 3 fully saturated rings. The molecular formula is C24H33FN8O5S. The minimum absolute atomic E-state index is 0.00587. The number of carbonyl (C=O) groups is 4. The molecule has 0 aliphatic carbocycles. The van der Waals surface area contributed by atoms with Crippen molar-refractivity contribution < 1.29 is 28.7 Å². The van der Waals surface area contributed by atoms with Gasteiger partial charge in [0.1, 0.15) is 25.2 Å². The second kappa shape index (κ2) is 10.9. The lowest BCUT2D eigenvalue weighted by Crippen LogP contribution is -2.62. The maximum absolute atomic E-state index is 13.4. The Labute approximate surface area is 228 Å². The maximum atomic E-state index is 13.4. The van der Waals surface area contributed by atoms with Gasteiger partial charge in [0.25, 0.3) is 0 Å². The summed E-state index contributed by atoms with van der Waals surface area (Å²) in [6, 6.07) is -1.59. The number of carbonyl (C=O) groups excluding carboxylic acids is 3. The van der Waals surface area contributed by atoms with Gasteiger partial charge >= 0.3 is 5.97 Å². The Morgan fingerprint density at radius 3 is 2.77 bits per heavy atom. The van der Waals surface area contributed by atoms with Crippen LogP contribution in [0, 0.1) is 17.8 Å². The number of Topliss-reactive ketones (excluding diaryl/α,β-unsaturated/α-hetero) is 1. The van der Waals surface area contributed by atoms with Gasteiger partial charge in [0, 0.05) is 41.6 Å². The zero-order valence-corrected chi connectivity index (χ0v) is 22.6. The number of carboxylic acids is 1. The molecule has 0 spiro atoms. The molecule has 4 aliphatic heterocycles. The largest absolute Gasteiger partial charge is 0.477 e. The first-order valence-electron chi connectivity index (χ1n) is 13.2. The third kappa shape index (κ3) is 5.07. The van der Waals surface area contributed by atoms with Gasteiger partial charge in [-0.15, -0.1) is 16.9 Å². The number of carboxylic acid groups (broad SMARTS) is 1. The van der Waals surface area contributed by atoms with Crippen LogP contribution < -0.4 is 11.1 Å². The van der Waals surface area contributed by atoms with Crippen molar-refractivity contribution in [2.75, 3.05) is 19.8 Å². The van der Waals surface area contributed by atoms with Gasteiger partial charge in [-0.05, 0) is 29.2 Å². The fourth-order valence-electron chi connectivity index (χ4n) is 6.48. The Balaban J connectivity index is 1.23. The van der Waals surface area contributed by atoms with Crippen LogP contribution in [0.2, 0.25) is 0 Å². The summed E-state index contributed by atoms with van der Waals surface area (Å²) < 4.78 is 14.8. The average Bonchev–Trinajstić information content (AvgIpc) is 3.67. The number of β-lactam (4-membered cyclic amide) rings is 1. The molecule has 13 nitrogen and oxygen atoms in total. The molecule has 4 aliphatic rings. The van der Waals surface area contributed by atoms with E-state index >= 15 is 0 Å². The summed E-state index contributed by atoms with van der Waals surface area (Å²) in [5.74, 6) is -2.75. The third-order valence-corrected chi connectivity index (χ3v) is 9.79. The lowest BCUT2D eigenvalue weighted by Gasteiger charge is -2.47. The van der Waals surface area contributed by atoms with Crippen LogP contribution in [0.25, 0.3) is 0 Å². The van der Waals surface area contributed by atoms with Crippen molar-refractivity contribution >= 4 is 35.3 Å². The van der Waals surface area contributed by atoms with Gasteiger partial charge in [-0.1, -0.05) is 13.8 Å². The molecule has 0 radical (unpaired) electrons. The number of amides is 2. The molecule has 1 aromatic heterocycles. The van der Waals surface area contributed by atoms with Crippen LogP contribution in [0.5, 0.6) is 0 Å². The Hall–Kier alpha value is -2.91. The summed E-state index contributed by atoms with van der Waals surface area (Å²) in [5.41, 5.74) is 5.94. The summed E-state index contributed by atoms with van der Waals surface area (Å²) >= 11 is 1.39. The van der Waals surface area contributed by atoms with Gasteiger partial charge in [-0.2, -0.15) is 0 Å². The van der Waals surface area contributed by atoms with Gasteiger partial charge in [-0.25, -0.2) is 13.9 Å². The topological polar surface area (TPSA) is 177 Å². The van der Waals surface area contributed by atoms with Crippen LogP contribution in [0.1, 0.15) is 33.1 Å². The number of alkyl halides is 1. The predicted octanol–water partition coefficient (Wildman–Crippen LogP) is -0.597. The standard InChI is InChI=1S/C24H33FN8O5S/c1-11(3-15(34)9-31-10-28-29-30-31)18-19-12(2)21(20(24(37)38)33(19)23(18)36)39-16-5-17(27-7-16)22(35)32-8-13(26)4-14(32)6-25/h10-14,16-19,27H,3-9,26H2,1-2H3,(H,37,38)/t11-,12+,13-,14-,16-,17-,18+,19+/m0/s1. The molecule has 8 atom stereocenters. The highest BCUT2D eigenvalue weighted by atomic mass is 32.2. The first-order valence-corrected chi connectivity index (χ1v) is 14.0. The van der Waals surface area contributed by atoms with Crippen LogP contribution in [0.4, 0.5) is 4.39 Å². The lowest BCUT2D eigenvalue weighted by atomic mass is 9.73. The SMILES string of the molecule is C[C@@H](CC(=O)Cn1cnnn1)[C@H]1C(=O)N2C(C(=O)O)=C(S[C@@H]3CN[C@H](C(=O)N4C[C@@H](N)C[C@H]4CF)C3)[C@H](C)[C@H]12. The molecule has 5 heterocycles. The molecular weight excluding hydrogens is 531 g/mol. The predicted molar refractivity (Wildman–Crippen MR) is 136 cm³/mol. The minimum Gasteiger partial charge on any atom is -0.477 e. The van der Waals surface area contributed by atoms with Crippen molar-refractivity contribution in [3.8, 4) is 0 Å². The van der Waals surface area contributed by atoms with E-state index in [-0.39, 0.29) is 65.4 Å². The summed E-state index contributed by atoms with van der Waals surface area (Å²) in [7, 11) is 0. The summed E-state index contributed by atoms with van der Waals surface area (Å²) in [6.45, 7) is 3.92. The van der Waals surface area contributed by atoms with E-state index in [0.717, 1.165) is 0 Å². The second-order valence-electron chi connectivity index (χ2n) is 11.0. The van der Waals surface area contributed by atoms with E-state index in [1.54, 1.807) is 0 Å². The van der Waals surface area contributed by atoms with Crippen molar-refractivity contribution in [2.45, 2.75) is 69.1 Å². The molecule has 39 heavy (non-hydrogen) atoms. The van der Waals surface area contributed by atoms with E-state index in [2.05, 4.69) is 20.8 Å². The Morgan fingerprint density at radius 1 is 1.33 bits per heavy atom. The smallest absolute Gasteiger partial charge is 0.353 e. The molecule has 0 aromatic carbocycles. The highest BCUT2D eigenvalue weighted by Crippen LogP contribution is 2.53. The first kappa shape index (κ1) is 27.6. The summed E-state index contributed by atoms with van der Waals surface area (Å²) in [5, 5.41) is 23.9. The van der Waals surface area contributed by atoms with Crippen LogP contribution in [0.3, 0.4) is 0 Å². The highest BCUT2D eigenvalue weighted by molar-refractivity contribution is 8.03. The Kier molecular flexibility index (Phi) is 7.75. The van der Waals surface area contributed by atoms with Gasteiger partial charge in [0.2, 0.25) is 11.8 Å². The summed E-state index contributed by atoms with van der Waals surface area (Å²) in [6.07, 6.45) is 2.39. The number of nitrogens with two attached hydrogens (primary N) is 1. The van der Waals surface area contributed by atoms with Crippen LogP contribution in [-0.4, -0.2) is 108 Å². The summed E-state index contributed by atoms with van der Waals surface area (Å²) in [4.78, 5) is 54.6. The number of likely N-dealkylation sites (tertiary alicyclic amines) is 1. The molecule has 2 amide bonds. The molecule has 4 N–H and O–H groups in total. The van der Waals surface area contributed by atoms with Crippen molar-refractivity contribution in [2.24, 2.45) is 23.5 Å². The van der Waals surface area contributed by atoms with Gasteiger partial charge in [-0.3, -0.25) is 14.4 Å². The quantitative estimate of drug-likeness (QED) is 0.309. The average molecular weight is 565 g/mol. The van der Waals surface area contributed by atoms with E-state index in [9.17, 15) is 28.7 Å². The molecule has 15 heteroatoms. The number of ketones is 1. The molecule has 5 rings (SSSR count). The Bertz CT molecular complexity index is 1180. The molecule has 1 aromatic rings. The minimum atomic E-state index is -1.17. The molecule has 0 bridgehead atoms. The number of hydrogen-bond acceptors (Lipinski definition) is 10. The van der Waals surface area contributed by atoms with Crippen molar-refractivity contribution in [3.05, 3.63) is 16.9 Å². The number of halogens is 1.